The van der Waals surface area contributed by atoms with Crippen molar-refractivity contribution in [2.75, 3.05) is 39.3 Å². The molecule has 0 spiro atoms. The van der Waals surface area contributed by atoms with E-state index in [0.717, 1.165) is 51.1 Å². The van der Waals surface area contributed by atoms with E-state index >= 15 is 0 Å². The van der Waals surface area contributed by atoms with E-state index in [1.807, 2.05) is 30.3 Å². The van der Waals surface area contributed by atoms with Crippen molar-refractivity contribution in [3.05, 3.63) is 35.9 Å². The van der Waals surface area contributed by atoms with Gasteiger partial charge in [0, 0.05) is 51.7 Å². The van der Waals surface area contributed by atoms with Crippen LogP contribution in [-0.4, -0.2) is 66.9 Å². The quantitative estimate of drug-likeness (QED) is 0.723. The molecule has 6 heteroatoms. The first-order chi connectivity index (χ1) is 13.2. The van der Waals surface area contributed by atoms with Gasteiger partial charge in [-0.1, -0.05) is 43.2 Å². The van der Waals surface area contributed by atoms with E-state index < -0.39 is 0 Å². The van der Waals surface area contributed by atoms with Crippen LogP contribution in [0.1, 0.15) is 37.7 Å². The second-order valence-corrected chi connectivity index (χ2v) is 7.68. The van der Waals surface area contributed by atoms with E-state index in [4.69, 9.17) is 0 Å². The minimum atomic E-state index is 0.0724. The highest BCUT2D eigenvalue weighted by atomic mass is 16.2. The molecule has 0 bridgehead atoms. The van der Waals surface area contributed by atoms with Crippen LogP contribution >= 0.6 is 0 Å². The van der Waals surface area contributed by atoms with Gasteiger partial charge in [-0.15, -0.1) is 0 Å². The molecule has 0 unspecified atom stereocenters. The largest absolute Gasteiger partial charge is 0.353 e. The summed E-state index contributed by atoms with van der Waals surface area (Å²) in [6.45, 7) is 5.43. The fourth-order valence-corrected chi connectivity index (χ4v) is 3.86. The average Bonchev–Trinajstić information content (AvgIpc) is 3.20. The molecular formula is C21H32N4O2. The third-order valence-electron chi connectivity index (χ3n) is 5.54. The molecule has 1 heterocycles. The molecule has 1 aliphatic heterocycles. The lowest BCUT2D eigenvalue weighted by Gasteiger charge is -2.34. The Morgan fingerprint density at radius 1 is 0.926 bits per heavy atom. The van der Waals surface area contributed by atoms with E-state index in [2.05, 4.69) is 20.4 Å². The summed E-state index contributed by atoms with van der Waals surface area (Å²) in [6, 6.07) is 10.4. The van der Waals surface area contributed by atoms with Gasteiger partial charge < -0.3 is 15.5 Å². The molecule has 0 radical (unpaired) electrons. The third-order valence-corrected chi connectivity index (χ3v) is 5.54. The number of piperazine rings is 1. The predicted molar refractivity (Wildman–Crippen MR) is 106 cm³/mol. The molecule has 0 atom stereocenters. The van der Waals surface area contributed by atoms with Crippen LogP contribution in [0.25, 0.3) is 0 Å². The Bertz CT molecular complexity index is 593. The lowest BCUT2D eigenvalue weighted by atomic mass is 10.2. The number of rotatable bonds is 8. The molecule has 1 aliphatic carbocycles. The highest BCUT2D eigenvalue weighted by Gasteiger charge is 2.21. The Morgan fingerprint density at radius 2 is 1.59 bits per heavy atom. The number of carbonyl (C=O) groups excluding carboxylic acids is 2. The molecule has 2 amide bonds. The van der Waals surface area contributed by atoms with Crippen molar-refractivity contribution in [1.29, 1.82) is 0 Å². The van der Waals surface area contributed by atoms with Gasteiger partial charge in [0.15, 0.2) is 0 Å². The Morgan fingerprint density at radius 3 is 2.30 bits per heavy atom. The normalized spacial score (nSPS) is 19.1. The zero-order chi connectivity index (χ0) is 18.9. The van der Waals surface area contributed by atoms with Crippen LogP contribution in [0.15, 0.2) is 30.3 Å². The molecule has 3 rings (SSSR count). The predicted octanol–water partition coefficient (Wildman–Crippen LogP) is 1.37. The summed E-state index contributed by atoms with van der Waals surface area (Å²) < 4.78 is 0. The standard InChI is InChI=1S/C21H32N4O2/c26-20(23-19-8-4-5-9-19)10-11-24-12-14-25(15-13-24)17-21(27)22-16-18-6-2-1-3-7-18/h1-3,6-7,19H,4-5,8-17H2,(H,22,27)(H,23,26). The summed E-state index contributed by atoms with van der Waals surface area (Å²) in [7, 11) is 0. The lowest BCUT2D eigenvalue weighted by Crippen LogP contribution is -2.50. The van der Waals surface area contributed by atoms with E-state index in [1.165, 1.54) is 12.8 Å². The van der Waals surface area contributed by atoms with Crippen molar-refractivity contribution in [1.82, 2.24) is 20.4 Å². The van der Waals surface area contributed by atoms with E-state index in [0.29, 0.717) is 25.6 Å². The number of hydrogen-bond donors (Lipinski definition) is 2. The van der Waals surface area contributed by atoms with Gasteiger partial charge in [0.25, 0.3) is 0 Å². The number of carbonyl (C=O) groups is 2. The molecular weight excluding hydrogens is 340 g/mol. The lowest BCUT2D eigenvalue weighted by molar-refractivity contribution is -0.122. The second kappa shape index (κ2) is 10.4. The van der Waals surface area contributed by atoms with Gasteiger partial charge in [0.05, 0.1) is 6.54 Å². The molecule has 2 aliphatic rings. The number of benzene rings is 1. The summed E-state index contributed by atoms with van der Waals surface area (Å²) in [5, 5.41) is 6.14. The molecule has 1 aromatic carbocycles. The number of amides is 2. The fraction of sp³-hybridized carbons (Fsp3) is 0.619. The van der Waals surface area contributed by atoms with Crippen LogP contribution in [0.4, 0.5) is 0 Å². The molecule has 2 fully saturated rings. The van der Waals surface area contributed by atoms with E-state index in [9.17, 15) is 9.59 Å². The van der Waals surface area contributed by atoms with E-state index in [-0.39, 0.29) is 11.8 Å². The Kier molecular flexibility index (Phi) is 7.66. The van der Waals surface area contributed by atoms with Crippen LogP contribution < -0.4 is 10.6 Å². The summed E-state index contributed by atoms with van der Waals surface area (Å²) in [4.78, 5) is 28.7. The van der Waals surface area contributed by atoms with Gasteiger partial charge in [-0.3, -0.25) is 14.5 Å². The second-order valence-electron chi connectivity index (χ2n) is 7.68. The van der Waals surface area contributed by atoms with Crippen molar-refractivity contribution in [3.63, 3.8) is 0 Å². The summed E-state index contributed by atoms with van der Waals surface area (Å²) >= 11 is 0. The zero-order valence-corrected chi connectivity index (χ0v) is 16.2. The van der Waals surface area contributed by atoms with Crippen LogP contribution in [0.5, 0.6) is 0 Å². The first kappa shape index (κ1) is 19.8. The van der Waals surface area contributed by atoms with Crippen molar-refractivity contribution >= 4 is 11.8 Å². The van der Waals surface area contributed by atoms with Crippen LogP contribution in [0, 0.1) is 0 Å². The van der Waals surface area contributed by atoms with Gasteiger partial charge in [-0.2, -0.15) is 0 Å². The number of nitrogens with zero attached hydrogens (tertiary/aromatic N) is 2. The van der Waals surface area contributed by atoms with Gasteiger partial charge >= 0.3 is 0 Å². The van der Waals surface area contributed by atoms with Crippen molar-refractivity contribution < 1.29 is 9.59 Å². The minimum absolute atomic E-state index is 0.0724. The average molecular weight is 373 g/mol. The first-order valence-electron chi connectivity index (χ1n) is 10.2. The maximum atomic E-state index is 12.1. The Labute approximate surface area is 162 Å². The molecule has 148 valence electrons. The van der Waals surface area contributed by atoms with Crippen LogP contribution in [0.3, 0.4) is 0 Å². The highest BCUT2D eigenvalue weighted by Crippen LogP contribution is 2.17. The monoisotopic (exact) mass is 372 g/mol. The van der Waals surface area contributed by atoms with Crippen LogP contribution in [-0.2, 0) is 16.1 Å². The fourth-order valence-electron chi connectivity index (χ4n) is 3.86. The van der Waals surface area contributed by atoms with Crippen molar-refractivity contribution in [2.45, 2.75) is 44.7 Å². The number of hydrogen-bond acceptors (Lipinski definition) is 4. The van der Waals surface area contributed by atoms with Gasteiger partial charge in [0.1, 0.15) is 0 Å². The number of nitrogens with one attached hydrogen (secondary N) is 2. The molecule has 1 aromatic rings. The molecule has 1 saturated carbocycles. The Hall–Kier alpha value is -1.92. The van der Waals surface area contributed by atoms with Crippen molar-refractivity contribution in [3.8, 4) is 0 Å². The molecule has 6 nitrogen and oxygen atoms in total. The topological polar surface area (TPSA) is 64.7 Å². The minimum Gasteiger partial charge on any atom is -0.353 e. The summed E-state index contributed by atoms with van der Waals surface area (Å²) in [5.74, 6) is 0.257. The molecule has 0 aromatic heterocycles. The van der Waals surface area contributed by atoms with E-state index in [1.54, 1.807) is 0 Å². The molecule has 27 heavy (non-hydrogen) atoms. The maximum absolute atomic E-state index is 12.1. The summed E-state index contributed by atoms with van der Waals surface area (Å²) in [5.41, 5.74) is 1.12. The van der Waals surface area contributed by atoms with Gasteiger partial charge in [-0.05, 0) is 18.4 Å². The van der Waals surface area contributed by atoms with Crippen molar-refractivity contribution in [2.24, 2.45) is 0 Å². The Balaban J connectivity index is 1.27. The van der Waals surface area contributed by atoms with Gasteiger partial charge in [0.2, 0.25) is 11.8 Å². The van der Waals surface area contributed by atoms with Crippen LogP contribution in [0.2, 0.25) is 0 Å². The summed E-state index contributed by atoms with van der Waals surface area (Å²) in [6.07, 6.45) is 5.33. The zero-order valence-electron chi connectivity index (χ0n) is 16.2. The SMILES string of the molecule is O=C(CN1CCN(CCC(=O)NC2CCCC2)CC1)NCc1ccccc1. The molecule has 2 N–H and O–H groups in total. The smallest absolute Gasteiger partial charge is 0.234 e. The first-order valence-corrected chi connectivity index (χ1v) is 10.2. The maximum Gasteiger partial charge on any atom is 0.234 e. The molecule has 1 saturated heterocycles. The third kappa shape index (κ3) is 6.96. The highest BCUT2D eigenvalue weighted by molar-refractivity contribution is 5.78. The van der Waals surface area contributed by atoms with Gasteiger partial charge in [-0.25, -0.2) is 0 Å².